The first-order chi connectivity index (χ1) is 10.3. The van der Waals surface area contributed by atoms with Gasteiger partial charge in [0.1, 0.15) is 12.1 Å². The Bertz CT molecular complexity index is 628. The molecule has 0 radical (unpaired) electrons. The highest BCUT2D eigenvalue weighted by molar-refractivity contribution is 7.10. The number of benzene rings is 1. The van der Waals surface area contributed by atoms with Crippen molar-refractivity contribution in [3.8, 4) is 0 Å². The van der Waals surface area contributed by atoms with E-state index in [-0.39, 0.29) is 24.2 Å². The molecule has 0 N–H and O–H groups in total. The molecule has 3 heterocycles. The van der Waals surface area contributed by atoms with E-state index in [0.29, 0.717) is 13.0 Å². The van der Waals surface area contributed by atoms with Gasteiger partial charge in [-0.1, -0.05) is 36.4 Å². The molecule has 0 spiro atoms. The number of hydrogen-bond acceptors (Lipinski definition) is 5. The summed E-state index contributed by atoms with van der Waals surface area (Å²) in [6.07, 6.45) is -0.00847. The highest BCUT2D eigenvalue weighted by Crippen LogP contribution is 2.43. The summed E-state index contributed by atoms with van der Waals surface area (Å²) < 4.78 is 5.49. The maximum Gasteiger partial charge on any atom is 0.309 e. The zero-order valence-corrected chi connectivity index (χ0v) is 12.2. The highest BCUT2D eigenvalue weighted by atomic mass is 32.1. The third-order valence-electron chi connectivity index (χ3n) is 3.91. The highest BCUT2D eigenvalue weighted by Gasteiger charge is 2.51. The SMILES string of the molecule is O=C1C[C@H]2ON(Cc3ccccc3)[C@H](c3cccs3)[C@H]2O1. The maximum atomic E-state index is 11.5. The Morgan fingerprint density at radius 2 is 2.05 bits per heavy atom. The number of hydroxylamine groups is 2. The molecule has 2 fully saturated rings. The lowest BCUT2D eigenvalue weighted by Crippen LogP contribution is -2.27. The van der Waals surface area contributed by atoms with Gasteiger partial charge in [0, 0.05) is 11.4 Å². The number of carbonyl (C=O) groups excluding carboxylic acids is 1. The van der Waals surface area contributed by atoms with Crippen LogP contribution in [0.25, 0.3) is 0 Å². The molecule has 108 valence electrons. The molecule has 0 amide bonds. The van der Waals surface area contributed by atoms with E-state index in [4.69, 9.17) is 9.57 Å². The van der Waals surface area contributed by atoms with Crippen molar-refractivity contribution in [2.24, 2.45) is 0 Å². The summed E-state index contributed by atoms with van der Waals surface area (Å²) in [5, 5.41) is 4.00. The van der Waals surface area contributed by atoms with Crippen molar-refractivity contribution in [1.29, 1.82) is 0 Å². The van der Waals surface area contributed by atoms with Gasteiger partial charge in [-0.25, -0.2) is 0 Å². The van der Waals surface area contributed by atoms with E-state index >= 15 is 0 Å². The summed E-state index contributed by atoms with van der Waals surface area (Å²) in [5.41, 5.74) is 1.19. The molecular weight excluding hydrogens is 286 g/mol. The monoisotopic (exact) mass is 301 g/mol. The molecule has 1 aromatic carbocycles. The summed E-state index contributed by atoms with van der Waals surface area (Å²) >= 11 is 1.67. The van der Waals surface area contributed by atoms with Gasteiger partial charge >= 0.3 is 5.97 Å². The predicted molar refractivity (Wildman–Crippen MR) is 78.4 cm³/mol. The van der Waals surface area contributed by atoms with Gasteiger partial charge in [0.25, 0.3) is 0 Å². The average molecular weight is 301 g/mol. The molecule has 2 aliphatic heterocycles. The number of hydrogen-bond donors (Lipinski definition) is 0. The van der Waals surface area contributed by atoms with Crippen molar-refractivity contribution >= 4 is 17.3 Å². The minimum absolute atomic E-state index is 0.0124. The fourth-order valence-electron chi connectivity index (χ4n) is 2.99. The lowest BCUT2D eigenvalue weighted by molar-refractivity contribution is -0.174. The van der Waals surface area contributed by atoms with Gasteiger partial charge in [-0.05, 0) is 17.0 Å². The fourth-order valence-corrected chi connectivity index (χ4v) is 3.85. The van der Waals surface area contributed by atoms with E-state index in [1.54, 1.807) is 11.3 Å². The van der Waals surface area contributed by atoms with E-state index in [0.717, 1.165) is 0 Å². The zero-order valence-electron chi connectivity index (χ0n) is 11.3. The van der Waals surface area contributed by atoms with Gasteiger partial charge in [-0.3, -0.25) is 9.63 Å². The first-order valence-electron chi connectivity index (χ1n) is 7.01. The van der Waals surface area contributed by atoms with Crippen molar-refractivity contribution in [3.05, 3.63) is 58.3 Å². The first-order valence-corrected chi connectivity index (χ1v) is 7.89. The van der Waals surface area contributed by atoms with Gasteiger partial charge in [-0.15, -0.1) is 11.3 Å². The topological polar surface area (TPSA) is 38.8 Å². The number of ether oxygens (including phenoxy) is 1. The molecule has 2 saturated heterocycles. The van der Waals surface area contributed by atoms with Gasteiger partial charge in [0.05, 0.1) is 6.42 Å². The van der Waals surface area contributed by atoms with Crippen LogP contribution in [0, 0.1) is 0 Å². The summed E-state index contributed by atoms with van der Waals surface area (Å²) in [5.74, 6) is -0.161. The Balaban J connectivity index is 1.62. The smallest absolute Gasteiger partial charge is 0.309 e. The lowest BCUT2D eigenvalue weighted by atomic mass is 10.0. The second kappa shape index (κ2) is 5.26. The van der Waals surface area contributed by atoms with Crippen molar-refractivity contribution < 1.29 is 14.4 Å². The van der Waals surface area contributed by atoms with Crippen molar-refractivity contribution in [1.82, 2.24) is 5.06 Å². The van der Waals surface area contributed by atoms with E-state index in [9.17, 15) is 4.79 Å². The summed E-state index contributed by atoms with van der Waals surface area (Å²) in [7, 11) is 0. The van der Waals surface area contributed by atoms with Crippen LogP contribution in [-0.2, 0) is 20.9 Å². The average Bonchev–Trinajstić information content (AvgIpc) is 3.16. The molecule has 0 saturated carbocycles. The number of esters is 1. The Hall–Kier alpha value is -1.69. The van der Waals surface area contributed by atoms with E-state index in [1.807, 2.05) is 34.7 Å². The molecule has 0 unspecified atom stereocenters. The van der Waals surface area contributed by atoms with Crippen LogP contribution in [0.5, 0.6) is 0 Å². The van der Waals surface area contributed by atoms with Crippen molar-refractivity contribution in [2.45, 2.75) is 31.2 Å². The van der Waals surface area contributed by atoms with Gasteiger partial charge < -0.3 is 4.74 Å². The van der Waals surface area contributed by atoms with E-state index < -0.39 is 0 Å². The fraction of sp³-hybridized carbons (Fsp3) is 0.312. The third-order valence-corrected chi connectivity index (χ3v) is 4.85. The Labute approximate surface area is 126 Å². The second-order valence-corrected chi connectivity index (χ2v) is 6.30. The molecule has 2 aliphatic rings. The number of fused-ring (bicyclic) bond motifs is 1. The van der Waals surface area contributed by atoms with Crippen molar-refractivity contribution in [3.63, 3.8) is 0 Å². The number of rotatable bonds is 3. The number of nitrogens with zero attached hydrogens (tertiary/aromatic N) is 1. The van der Waals surface area contributed by atoms with Crippen molar-refractivity contribution in [2.75, 3.05) is 0 Å². The summed E-state index contributed by atoms with van der Waals surface area (Å²) in [4.78, 5) is 18.7. The van der Waals surface area contributed by atoms with Gasteiger partial charge in [0.2, 0.25) is 0 Å². The van der Waals surface area contributed by atoms with Crippen LogP contribution in [-0.4, -0.2) is 23.2 Å². The molecular formula is C16H15NO3S. The molecule has 1 aromatic heterocycles. The van der Waals surface area contributed by atoms with Crippen LogP contribution in [0.3, 0.4) is 0 Å². The summed E-state index contributed by atoms with van der Waals surface area (Å²) in [6.45, 7) is 0.688. The largest absolute Gasteiger partial charge is 0.457 e. The Morgan fingerprint density at radius 1 is 1.19 bits per heavy atom. The third kappa shape index (κ3) is 2.37. The van der Waals surface area contributed by atoms with Crippen LogP contribution in [0.1, 0.15) is 22.9 Å². The first kappa shape index (κ1) is 13.0. The van der Waals surface area contributed by atoms with Crippen LogP contribution in [0.2, 0.25) is 0 Å². The Morgan fingerprint density at radius 3 is 2.81 bits per heavy atom. The molecule has 4 rings (SSSR count). The minimum Gasteiger partial charge on any atom is -0.457 e. The molecule has 5 heteroatoms. The molecule has 3 atom stereocenters. The number of thiophene rings is 1. The lowest BCUT2D eigenvalue weighted by Gasteiger charge is -2.24. The molecule has 2 aromatic rings. The van der Waals surface area contributed by atoms with Crippen LogP contribution >= 0.6 is 11.3 Å². The normalized spacial score (nSPS) is 28.6. The van der Waals surface area contributed by atoms with Gasteiger partial charge in [-0.2, -0.15) is 5.06 Å². The molecule has 21 heavy (non-hydrogen) atoms. The van der Waals surface area contributed by atoms with Crippen LogP contribution in [0.15, 0.2) is 47.8 Å². The Kier molecular flexibility index (Phi) is 3.25. The van der Waals surface area contributed by atoms with Gasteiger partial charge in [0.15, 0.2) is 6.10 Å². The predicted octanol–water partition coefficient (Wildman–Crippen LogP) is 2.92. The quantitative estimate of drug-likeness (QED) is 0.817. The van der Waals surface area contributed by atoms with Crippen LogP contribution < -0.4 is 0 Å². The minimum atomic E-state index is -0.195. The number of carbonyl (C=O) groups is 1. The van der Waals surface area contributed by atoms with E-state index in [2.05, 4.69) is 18.2 Å². The maximum absolute atomic E-state index is 11.5. The second-order valence-electron chi connectivity index (χ2n) is 5.32. The molecule has 4 nitrogen and oxygen atoms in total. The molecule has 0 aliphatic carbocycles. The summed E-state index contributed by atoms with van der Waals surface area (Å²) in [6, 6.07) is 14.3. The molecule has 0 bridgehead atoms. The standard InChI is InChI=1S/C16H15NO3S/c18-14-9-12-16(19-14)15(13-7-4-8-21-13)17(20-12)10-11-5-2-1-3-6-11/h1-8,12,15-16H,9-10H2/t12-,15-,16+/m1/s1. The van der Waals surface area contributed by atoms with E-state index in [1.165, 1.54) is 10.4 Å². The van der Waals surface area contributed by atoms with Crippen LogP contribution in [0.4, 0.5) is 0 Å². The zero-order chi connectivity index (χ0) is 14.2.